The highest BCUT2D eigenvalue weighted by Gasteiger charge is 2.21. The molecule has 2 aromatic heterocycles. The lowest BCUT2D eigenvalue weighted by molar-refractivity contribution is 0.332. The molecule has 0 saturated heterocycles. The number of pyridine rings is 1. The molecule has 1 aromatic carbocycles. The van der Waals surface area contributed by atoms with E-state index in [1.807, 2.05) is 12.1 Å². The first-order chi connectivity index (χ1) is 12.1. The van der Waals surface area contributed by atoms with E-state index in [1.165, 1.54) is 0 Å². The maximum atomic E-state index is 9.03. The number of nitrogens with zero attached hydrogens (tertiary/aromatic N) is 4. The molecule has 2 heterocycles. The van der Waals surface area contributed by atoms with Crippen LogP contribution in [-0.2, 0) is 0 Å². The second-order valence-corrected chi connectivity index (χ2v) is 6.18. The smallest absolute Gasteiger partial charge is 0.298 e. The molecule has 5 nitrogen and oxygen atoms in total. The fraction of sp³-hybridized carbons (Fsp3) is 0.316. The van der Waals surface area contributed by atoms with E-state index >= 15 is 0 Å². The SMILES string of the molecule is CCC(CC)n1c(OC)nc2c(-c3ccc(C#N)cc3Cl)ccnc21. The minimum Gasteiger partial charge on any atom is -0.468 e. The minimum absolute atomic E-state index is 0.263. The lowest BCUT2D eigenvalue weighted by Crippen LogP contribution is -2.09. The number of halogens is 1. The molecule has 0 atom stereocenters. The van der Waals surface area contributed by atoms with E-state index in [4.69, 9.17) is 21.6 Å². The number of fused-ring (bicyclic) bond motifs is 1. The molecule has 3 rings (SSSR count). The van der Waals surface area contributed by atoms with Crippen LogP contribution < -0.4 is 4.74 Å². The number of nitriles is 1. The Labute approximate surface area is 151 Å². The summed E-state index contributed by atoms with van der Waals surface area (Å²) in [6.45, 7) is 4.28. The highest BCUT2D eigenvalue weighted by molar-refractivity contribution is 6.33. The Bertz CT molecular complexity index is 954. The van der Waals surface area contributed by atoms with Crippen LogP contribution in [0, 0.1) is 11.3 Å². The predicted octanol–water partition coefficient (Wildman–Crippen LogP) is 4.99. The lowest BCUT2D eigenvalue weighted by atomic mass is 10.0. The molecule has 0 aliphatic rings. The van der Waals surface area contributed by atoms with Crippen molar-refractivity contribution in [2.45, 2.75) is 32.7 Å². The van der Waals surface area contributed by atoms with E-state index in [9.17, 15) is 0 Å². The number of methoxy groups -OCH3 is 1. The van der Waals surface area contributed by atoms with E-state index in [-0.39, 0.29) is 6.04 Å². The molecular weight excluding hydrogens is 336 g/mol. The van der Waals surface area contributed by atoms with Crippen LogP contribution in [0.25, 0.3) is 22.3 Å². The molecule has 0 fully saturated rings. The second kappa shape index (κ2) is 7.12. The third kappa shape index (κ3) is 2.94. The summed E-state index contributed by atoms with van der Waals surface area (Å²) in [5.41, 5.74) is 3.76. The Morgan fingerprint density at radius 1 is 1.24 bits per heavy atom. The monoisotopic (exact) mass is 354 g/mol. The highest BCUT2D eigenvalue weighted by atomic mass is 35.5. The van der Waals surface area contributed by atoms with Crippen molar-refractivity contribution in [2.24, 2.45) is 0 Å². The van der Waals surface area contributed by atoms with E-state index in [0.29, 0.717) is 16.6 Å². The third-order valence-electron chi connectivity index (χ3n) is 4.43. The summed E-state index contributed by atoms with van der Waals surface area (Å²) in [5.74, 6) is 0. The number of hydrogen-bond donors (Lipinski definition) is 0. The van der Waals surface area contributed by atoms with Gasteiger partial charge in [0.2, 0.25) is 0 Å². The summed E-state index contributed by atoms with van der Waals surface area (Å²) in [7, 11) is 1.62. The van der Waals surface area contributed by atoms with Gasteiger partial charge in [0.1, 0.15) is 5.52 Å². The van der Waals surface area contributed by atoms with Gasteiger partial charge in [-0.25, -0.2) is 4.98 Å². The van der Waals surface area contributed by atoms with E-state index in [1.54, 1.807) is 25.4 Å². The van der Waals surface area contributed by atoms with Gasteiger partial charge >= 0.3 is 0 Å². The fourth-order valence-corrected chi connectivity index (χ4v) is 3.40. The molecule has 128 valence electrons. The average Bonchev–Trinajstić information content (AvgIpc) is 3.02. The maximum Gasteiger partial charge on any atom is 0.298 e. The summed E-state index contributed by atoms with van der Waals surface area (Å²) in [4.78, 5) is 9.20. The summed E-state index contributed by atoms with van der Waals surface area (Å²) in [6, 6.07) is 10.1. The van der Waals surface area contributed by atoms with Gasteiger partial charge < -0.3 is 4.74 Å². The molecule has 0 amide bonds. The van der Waals surface area contributed by atoms with Crippen LogP contribution in [0.5, 0.6) is 6.01 Å². The van der Waals surface area contributed by atoms with Crippen molar-refractivity contribution in [3.05, 3.63) is 41.0 Å². The van der Waals surface area contributed by atoms with Crippen LogP contribution in [0.15, 0.2) is 30.5 Å². The Morgan fingerprint density at radius 2 is 2.00 bits per heavy atom. The zero-order valence-corrected chi connectivity index (χ0v) is 15.2. The standard InChI is InChI=1S/C19H19ClN4O/c1-4-13(5-2)24-18-17(23-19(24)25-3)15(8-9-22-18)14-7-6-12(11-21)10-16(14)20/h6-10,13H,4-5H2,1-3H3. The number of rotatable bonds is 5. The molecule has 25 heavy (non-hydrogen) atoms. The normalized spacial score (nSPS) is 11.0. The van der Waals surface area contributed by atoms with Crippen molar-refractivity contribution in [1.29, 1.82) is 5.26 Å². The van der Waals surface area contributed by atoms with E-state index in [2.05, 4.69) is 34.5 Å². The Hall–Kier alpha value is -2.58. The third-order valence-corrected chi connectivity index (χ3v) is 4.74. The Morgan fingerprint density at radius 3 is 2.60 bits per heavy atom. The summed E-state index contributed by atoms with van der Waals surface area (Å²) in [6.07, 6.45) is 3.68. The van der Waals surface area contributed by atoms with Gasteiger partial charge in [-0.2, -0.15) is 10.2 Å². The van der Waals surface area contributed by atoms with Gasteiger partial charge in [-0.1, -0.05) is 31.5 Å². The summed E-state index contributed by atoms with van der Waals surface area (Å²) >= 11 is 6.40. The van der Waals surface area contributed by atoms with Crippen molar-refractivity contribution in [3.8, 4) is 23.2 Å². The molecule has 0 bridgehead atoms. The van der Waals surface area contributed by atoms with Gasteiger partial charge in [-0.3, -0.25) is 4.57 Å². The Balaban J connectivity index is 2.27. The van der Waals surface area contributed by atoms with Crippen molar-refractivity contribution >= 4 is 22.8 Å². The van der Waals surface area contributed by atoms with E-state index in [0.717, 1.165) is 35.1 Å². The van der Waals surface area contributed by atoms with Gasteiger partial charge in [0.25, 0.3) is 6.01 Å². The molecule has 0 spiro atoms. The number of aromatic nitrogens is 3. The molecule has 0 saturated carbocycles. The molecule has 0 aliphatic heterocycles. The van der Waals surface area contributed by atoms with Gasteiger partial charge in [0.15, 0.2) is 5.65 Å². The van der Waals surface area contributed by atoms with Crippen molar-refractivity contribution in [1.82, 2.24) is 14.5 Å². The zero-order valence-electron chi connectivity index (χ0n) is 14.5. The highest BCUT2D eigenvalue weighted by Crippen LogP contribution is 2.36. The van der Waals surface area contributed by atoms with Crippen LogP contribution >= 0.6 is 11.6 Å². The first kappa shape index (κ1) is 17.2. The van der Waals surface area contributed by atoms with Gasteiger partial charge in [0, 0.05) is 28.4 Å². The Kier molecular flexibility index (Phi) is 4.91. The molecule has 3 aromatic rings. The largest absolute Gasteiger partial charge is 0.468 e. The van der Waals surface area contributed by atoms with Crippen molar-refractivity contribution in [3.63, 3.8) is 0 Å². The second-order valence-electron chi connectivity index (χ2n) is 5.78. The minimum atomic E-state index is 0.263. The number of benzene rings is 1. The summed E-state index contributed by atoms with van der Waals surface area (Å²) < 4.78 is 7.56. The van der Waals surface area contributed by atoms with Crippen LogP contribution in [0.2, 0.25) is 5.02 Å². The number of hydrogen-bond acceptors (Lipinski definition) is 4. The fourth-order valence-electron chi connectivity index (χ4n) is 3.12. The number of imidazole rings is 1. The van der Waals surface area contributed by atoms with Gasteiger partial charge in [-0.15, -0.1) is 0 Å². The summed E-state index contributed by atoms with van der Waals surface area (Å²) in [5, 5.41) is 9.55. The maximum absolute atomic E-state index is 9.03. The van der Waals surface area contributed by atoms with Crippen LogP contribution in [0.1, 0.15) is 38.3 Å². The first-order valence-electron chi connectivity index (χ1n) is 8.25. The zero-order chi connectivity index (χ0) is 18.0. The molecule has 0 radical (unpaired) electrons. The first-order valence-corrected chi connectivity index (χ1v) is 8.63. The molecule has 6 heteroatoms. The van der Waals surface area contributed by atoms with E-state index < -0.39 is 0 Å². The lowest BCUT2D eigenvalue weighted by Gasteiger charge is -2.16. The molecular formula is C19H19ClN4O. The van der Waals surface area contributed by atoms with Crippen molar-refractivity contribution < 1.29 is 4.74 Å². The van der Waals surface area contributed by atoms with Gasteiger partial charge in [0.05, 0.1) is 18.7 Å². The molecule has 0 aliphatic carbocycles. The molecule has 0 N–H and O–H groups in total. The average molecular weight is 355 g/mol. The topological polar surface area (TPSA) is 63.7 Å². The predicted molar refractivity (Wildman–Crippen MR) is 98.9 cm³/mol. The quantitative estimate of drug-likeness (QED) is 0.647. The molecule has 0 unspecified atom stereocenters. The number of ether oxygens (including phenoxy) is 1. The van der Waals surface area contributed by atoms with Crippen LogP contribution in [-0.4, -0.2) is 21.6 Å². The van der Waals surface area contributed by atoms with Gasteiger partial charge in [-0.05, 0) is 31.0 Å². The van der Waals surface area contributed by atoms with Crippen LogP contribution in [0.3, 0.4) is 0 Å². The van der Waals surface area contributed by atoms with Crippen molar-refractivity contribution in [2.75, 3.05) is 7.11 Å². The van der Waals surface area contributed by atoms with Crippen LogP contribution in [0.4, 0.5) is 0 Å².